The molecule has 144 valence electrons. The lowest BCUT2D eigenvalue weighted by atomic mass is 9.74. The Hall–Kier alpha value is -2.18. The van der Waals surface area contributed by atoms with E-state index in [1.54, 1.807) is 0 Å². The van der Waals surface area contributed by atoms with Crippen molar-refractivity contribution >= 4 is 11.5 Å². The van der Waals surface area contributed by atoms with Crippen molar-refractivity contribution < 1.29 is 4.74 Å². The fourth-order valence-electron chi connectivity index (χ4n) is 3.95. The topological polar surface area (TPSA) is 76.3 Å². The second-order valence-corrected chi connectivity index (χ2v) is 8.50. The molecule has 1 atom stereocenters. The molecule has 1 saturated heterocycles. The van der Waals surface area contributed by atoms with Crippen molar-refractivity contribution in [2.45, 2.75) is 33.2 Å². The van der Waals surface area contributed by atoms with Crippen LogP contribution in [-0.2, 0) is 11.3 Å². The van der Waals surface area contributed by atoms with Gasteiger partial charge in [0.25, 0.3) is 0 Å². The second kappa shape index (κ2) is 7.09. The summed E-state index contributed by atoms with van der Waals surface area (Å²) >= 11 is 0. The number of anilines is 2. The summed E-state index contributed by atoms with van der Waals surface area (Å²) in [5.41, 5.74) is 10.2. The number of nitrogen functional groups attached to an aromatic ring is 1. The van der Waals surface area contributed by atoms with Gasteiger partial charge in [-0.2, -0.15) is 0 Å². The summed E-state index contributed by atoms with van der Waals surface area (Å²) in [7, 11) is 0. The largest absolute Gasteiger partial charge is 0.399 e. The zero-order chi connectivity index (χ0) is 19.0. The van der Waals surface area contributed by atoms with Crippen LogP contribution in [0.1, 0.15) is 37.9 Å². The van der Waals surface area contributed by atoms with Gasteiger partial charge in [0.15, 0.2) is 5.82 Å². The van der Waals surface area contributed by atoms with E-state index >= 15 is 0 Å². The quantitative estimate of drug-likeness (QED) is 0.795. The highest BCUT2D eigenvalue weighted by molar-refractivity contribution is 5.64. The first-order valence-corrected chi connectivity index (χ1v) is 9.73. The number of nitrogens with two attached hydrogens (primary N) is 1. The SMILES string of the molecule is CC(C)(C)C1CNCc2nc(-c3ccc(N)cc3)nc(N3CCOCC3)c21. The summed E-state index contributed by atoms with van der Waals surface area (Å²) in [6.07, 6.45) is 0. The molecule has 3 N–H and O–H groups in total. The molecule has 0 saturated carbocycles. The van der Waals surface area contributed by atoms with Gasteiger partial charge in [0, 0.05) is 48.9 Å². The van der Waals surface area contributed by atoms with Crippen LogP contribution >= 0.6 is 0 Å². The first-order chi connectivity index (χ1) is 12.9. The number of ether oxygens (including phenoxy) is 1. The van der Waals surface area contributed by atoms with Crippen LogP contribution in [0.25, 0.3) is 11.4 Å². The average Bonchev–Trinajstić information content (AvgIpc) is 2.67. The van der Waals surface area contributed by atoms with Gasteiger partial charge in [-0.15, -0.1) is 0 Å². The van der Waals surface area contributed by atoms with Crippen molar-refractivity contribution in [1.29, 1.82) is 0 Å². The van der Waals surface area contributed by atoms with E-state index in [0.717, 1.165) is 68.0 Å². The van der Waals surface area contributed by atoms with Gasteiger partial charge in [-0.25, -0.2) is 9.97 Å². The molecule has 0 amide bonds. The molecule has 1 aromatic carbocycles. The maximum absolute atomic E-state index is 5.86. The molecule has 0 aliphatic carbocycles. The van der Waals surface area contributed by atoms with E-state index < -0.39 is 0 Å². The number of hydrogen-bond donors (Lipinski definition) is 2. The maximum Gasteiger partial charge on any atom is 0.161 e. The molecule has 2 aliphatic heterocycles. The molecule has 0 radical (unpaired) electrons. The Kier molecular flexibility index (Phi) is 4.78. The molecule has 6 heteroatoms. The first kappa shape index (κ1) is 18.2. The van der Waals surface area contributed by atoms with Crippen LogP contribution in [0.3, 0.4) is 0 Å². The van der Waals surface area contributed by atoms with E-state index in [4.69, 9.17) is 20.4 Å². The van der Waals surface area contributed by atoms with E-state index in [9.17, 15) is 0 Å². The molecular formula is C21H29N5O. The first-order valence-electron chi connectivity index (χ1n) is 9.73. The second-order valence-electron chi connectivity index (χ2n) is 8.50. The number of rotatable bonds is 2. The molecule has 2 aromatic rings. The summed E-state index contributed by atoms with van der Waals surface area (Å²) in [5.74, 6) is 2.22. The third-order valence-corrected chi connectivity index (χ3v) is 5.52. The fraction of sp³-hybridized carbons (Fsp3) is 0.524. The van der Waals surface area contributed by atoms with Crippen LogP contribution in [0.15, 0.2) is 24.3 Å². The number of benzene rings is 1. The van der Waals surface area contributed by atoms with Crippen LogP contribution in [-0.4, -0.2) is 42.8 Å². The Morgan fingerprint density at radius 2 is 1.81 bits per heavy atom. The molecule has 4 rings (SSSR count). The van der Waals surface area contributed by atoms with Crippen molar-refractivity contribution in [3.8, 4) is 11.4 Å². The van der Waals surface area contributed by atoms with E-state index in [1.807, 2.05) is 24.3 Å². The molecule has 1 aromatic heterocycles. The van der Waals surface area contributed by atoms with Crippen LogP contribution in [0.2, 0.25) is 0 Å². The summed E-state index contributed by atoms with van der Waals surface area (Å²) in [6, 6.07) is 7.81. The predicted octanol–water partition coefficient (Wildman–Crippen LogP) is 2.80. The van der Waals surface area contributed by atoms with Crippen molar-refractivity contribution in [3.05, 3.63) is 35.5 Å². The fourth-order valence-corrected chi connectivity index (χ4v) is 3.95. The zero-order valence-electron chi connectivity index (χ0n) is 16.5. The molecule has 2 aliphatic rings. The van der Waals surface area contributed by atoms with Crippen molar-refractivity contribution in [3.63, 3.8) is 0 Å². The lowest BCUT2D eigenvalue weighted by Gasteiger charge is -2.39. The lowest BCUT2D eigenvalue weighted by Crippen LogP contribution is -2.41. The van der Waals surface area contributed by atoms with Crippen LogP contribution in [0.5, 0.6) is 0 Å². The molecule has 6 nitrogen and oxygen atoms in total. The van der Waals surface area contributed by atoms with E-state index in [0.29, 0.717) is 5.92 Å². The smallest absolute Gasteiger partial charge is 0.161 e. The van der Waals surface area contributed by atoms with Crippen molar-refractivity contribution in [2.75, 3.05) is 43.5 Å². The Labute approximate surface area is 161 Å². The maximum atomic E-state index is 5.86. The molecule has 1 unspecified atom stereocenters. The van der Waals surface area contributed by atoms with E-state index in [-0.39, 0.29) is 5.41 Å². The number of fused-ring (bicyclic) bond motifs is 1. The monoisotopic (exact) mass is 367 g/mol. The Morgan fingerprint density at radius 3 is 2.48 bits per heavy atom. The summed E-state index contributed by atoms with van der Waals surface area (Å²) in [6.45, 7) is 11.9. The standard InChI is InChI=1S/C21H29N5O/c1-21(2,3)16-12-23-13-17-18(16)20(26-8-10-27-11-9-26)25-19(24-17)14-4-6-15(22)7-5-14/h4-7,16,23H,8-13,22H2,1-3H3. The molecule has 0 bridgehead atoms. The normalized spacial score (nSPS) is 20.4. The van der Waals surface area contributed by atoms with Gasteiger partial charge in [0.2, 0.25) is 0 Å². The van der Waals surface area contributed by atoms with E-state index in [2.05, 4.69) is 31.0 Å². The predicted molar refractivity (Wildman–Crippen MR) is 109 cm³/mol. The van der Waals surface area contributed by atoms with Gasteiger partial charge in [-0.1, -0.05) is 20.8 Å². The van der Waals surface area contributed by atoms with Crippen LogP contribution < -0.4 is 16.0 Å². The summed E-state index contributed by atoms with van der Waals surface area (Å²) < 4.78 is 5.58. The highest BCUT2D eigenvalue weighted by Crippen LogP contribution is 2.42. The van der Waals surface area contributed by atoms with Gasteiger partial charge < -0.3 is 20.7 Å². The summed E-state index contributed by atoms with van der Waals surface area (Å²) in [5, 5.41) is 3.56. The number of morpholine rings is 1. The van der Waals surface area contributed by atoms with E-state index in [1.165, 1.54) is 5.56 Å². The minimum absolute atomic E-state index is 0.134. The third kappa shape index (κ3) is 3.64. The van der Waals surface area contributed by atoms with Crippen LogP contribution in [0.4, 0.5) is 11.5 Å². The average molecular weight is 367 g/mol. The minimum Gasteiger partial charge on any atom is -0.399 e. The zero-order valence-corrected chi connectivity index (χ0v) is 16.5. The molecule has 27 heavy (non-hydrogen) atoms. The molecule has 1 fully saturated rings. The minimum atomic E-state index is 0.134. The van der Waals surface area contributed by atoms with Crippen LogP contribution in [0, 0.1) is 5.41 Å². The van der Waals surface area contributed by atoms with Gasteiger partial charge in [-0.05, 0) is 29.7 Å². The Balaban J connectivity index is 1.86. The number of hydrogen-bond acceptors (Lipinski definition) is 6. The van der Waals surface area contributed by atoms with Gasteiger partial charge in [0.05, 0.1) is 18.9 Å². The highest BCUT2D eigenvalue weighted by Gasteiger charge is 2.36. The van der Waals surface area contributed by atoms with Crippen molar-refractivity contribution in [1.82, 2.24) is 15.3 Å². The van der Waals surface area contributed by atoms with Crippen molar-refractivity contribution in [2.24, 2.45) is 5.41 Å². The molecule has 3 heterocycles. The van der Waals surface area contributed by atoms with Gasteiger partial charge >= 0.3 is 0 Å². The number of nitrogens with zero attached hydrogens (tertiary/aromatic N) is 3. The Bertz CT molecular complexity index is 807. The van der Waals surface area contributed by atoms with Gasteiger partial charge in [0.1, 0.15) is 5.82 Å². The number of aromatic nitrogens is 2. The third-order valence-electron chi connectivity index (χ3n) is 5.52. The molecular weight excluding hydrogens is 338 g/mol. The Morgan fingerprint density at radius 1 is 1.11 bits per heavy atom. The van der Waals surface area contributed by atoms with Gasteiger partial charge in [-0.3, -0.25) is 0 Å². The summed E-state index contributed by atoms with van der Waals surface area (Å²) in [4.78, 5) is 12.4. The number of nitrogens with one attached hydrogen (secondary N) is 1. The lowest BCUT2D eigenvalue weighted by molar-refractivity contribution is 0.122. The molecule has 0 spiro atoms. The highest BCUT2D eigenvalue weighted by atomic mass is 16.5.